The molecule has 0 aliphatic carbocycles. The molecule has 120 valence electrons. The first-order valence-corrected chi connectivity index (χ1v) is 7.32. The van der Waals surface area contributed by atoms with E-state index in [-0.39, 0.29) is 30.4 Å². The number of carbonyl (C=O) groups is 3. The monoisotopic (exact) mass is 305 g/mol. The fourth-order valence-corrected chi connectivity index (χ4v) is 1.98. The van der Waals surface area contributed by atoms with Gasteiger partial charge in [0.1, 0.15) is 6.04 Å². The first-order chi connectivity index (χ1) is 10.3. The van der Waals surface area contributed by atoms with Crippen molar-refractivity contribution >= 4 is 17.7 Å². The second kappa shape index (κ2) is 8.32. The Balaban J connectivity index is 2.53. The Labute approximate surface area is 131 Å². The molecule has 1 N–H and O–H groups in total. The minimum atomic E-state index is -0.688. The van der Waals surface area contributed by atoms with Crippen LogP contribution in [0.4, 0.5) is 0 Å². The quantitative estimate of drug-likeness (QED) is 0.619. The highest BCUT2D eigenvalue weighted by Crippen LogP contribution is 2.09. The Morgan fingerprint density at radius 1 is 1.09 bits per heavy atom. The zero-order chi connectivity index (χ0) is 16.7. The highest BCUT2D eigenvalue weighted by Gasteiger charge is 2.24. The topological polar surface area (TPSA) is 72.5 Å². The molecule has 1 rings (SSSR count). The van der Waals surface area contributed by atoms with Crippen LogP contribution in [-0.2, 0) is 14.3 Å². The Bertz CT molecular complexity index is 534. The zero-order valence-corrected chi connectivity index (χ0v) is 13.5. The maximum Gasteiger partial charge on any atom is 0.328 e. The summed E-state index contributed by atoms with van der Waals surface area (Å²) in [4.78, 5) is 35.5. The summed E-state index contributed by atoms with van der Waals surface area (Å²) in [6.07, 6.45) is 0.161. The van der Waals surface area contributed by atoms with E-state index in [2.05, 4.69) is 10.1 Å². The van der Waals surface area contributed by atoms with E-state index < -0.39 is 12.0 Å². The highest BCUT2D eigenvalue weighted by molar-refractivity contribution is 5.98. The molecule has 0 radical (unpaired) electrons. The number of rotatable bonds is 7. The van der Waals surface area contributed by atoms with Gasteiger partial charge in [0.25, 0.3) is 0 Å². The van der Waals surface area contributed by atoms with Crippen LogP contribution in [0, 0.1) is 12.8 Å². The number of hydrogen-bond acceptors (Lipinski definition) is 4. The number of methoxy groups -OCH3 is 1. The number of esters is 1. The van der Waals surface area contributed by atoms with Gasteiger partial charge in [-0.05, 0) is 12.8 Å². The van der Waals surface area contributed by atoms with Crippen LogP contribution in [0.25, 0.3) is 0 Å². The van der Waals surface area contributed by atoms with Gasteiger partial charge in [-0.1, -0.05) is 43.7 Å². The van der Waals surface area contributed by atoms with E-state index in [1.165, 1.54) is 7.11 Å². The van der Waals surface area contributed by atoms with Crippen LogP contribution < -0.4 is 5.32 Å². The Kier molecular flexibility index (Phi) is 6.76. The van der Waals surface area contributed by atoms with E-state index in [0.717, 1.165) is 5.56 Å². The maximum atomic E-state index is 12.0. The second-order valence-corrected chi connectivity index (χ2v) is 5.60. The number of ketones is 1. The molecule has 0 fully saturated rings. The van der Waals surface area contributed by atoms with Crippen LogP contribution in [0.3, 0.4) is 0 Å². The average Bonchev–Trinajstić information content (AvgIpc) is 2.49. The third-order valence-electron chi connectivity index (χ3n) is 3.39. The summed E-state index contributed by atoms with van der Waals surface area (Å²) in [5.41, 5.74) is 1.67. The van der Waals surface area contributed by atoms with Gasteiger partial charge < -0.3 is 10.1 Å². The van der Waals surface area contributed by atoms with Crippen LogP contribution in [-0.4, -0.2) is 30.8 Å². The number of nitrogens with one attached hydrogen (secondary N) is 1. The molecule has 0 bridgehead atoms. The van der Waals surface area contributed by atoms with Crippen molar-refractivity contribution in [2.24, 2.45) is 5.92 Å². The van der Waals surface area contributed by atoms with E-state index in [9.17, 15) is 14.4 Å². The van der Waals surface area contributed by atoms with Gasteiger partial charge >= 0.3 is 5.97 Å². The van der Waals surface area contributed by atoms with Crippen LogP contribution in [0.5, 0.6) is 0 Å². The normalized spacial score (nSPS) is 11.9. The third-order valence-corrected chi connectivity index (χ3v) is 3.39. The molecular weight excluding hydrogens is 282 g/mol. The molecule has 0 aromatic heterocycles. The molecule has 1 unspecified atom stereocenters. The fourth-order valence-electron chi connectivity index (χ4n) is 1.98. The van der Waals surface area contributed by atoms with Crippen LogP contribution in [0.15, 0.2) is 24.3 Å². The van der Waals surface area contributed by atoms with Crippen LogP contribution in [0.1, 0.15) is 42.6 Å². The summed E-state index contributed by atoms with van der Waals surface area (Å²) in [5, 5.41) is 2.62. The number of amides is 1. The lowest BCUT2D eigenvalue weighted by molar-refractivity contribution is -0.146. The molecule has 1 aromatic carbocycles. The smallest absolute Gasteiger partial charge is 0.328 e. The number of ether oxygens (including phenoxy) is 1. The molecule has 5 nitrogen and oxygen atoms in total. The van der Waals surface area contributed by atoms with E-state index in [0.29, 0.717) is 5.56 Å². The predicted molar refractivity (Wildman–Crippen MR) is 83.5 cm³/mol. The second-order valence-electron chi connectivity index (χ2n) is 5.60. The molecule has 0 saturated heterocycles. The summed E-state index contributed by atoms with van der Waals surface area (Å²) < 4.78 is 4.66. The lowest BCUT2D eigenvalue weighted by Gasteiger charge is -2.19. The number of hydrogen-bond donors (Lipinski definition) is 1. The maximum absolute atomic E-state index is 12.0. The molecule has 1 aromatic rings. The lowest BCUT2D eigenvalue weighted by atomic mass is 10.0. The van der Waals surface area contributed by atoms with Crippen molar-refractivity contribution in [2.75, 3.05) is 7.11 Å². The molecule has 0 saturated carbocycles. The SMILES string of the molecule is COC(=O)C(NC(=O)CCC(=O)c1ccc(C)cc1)C(C)C. The van der Waals surface area contributed by atoms with Crippen molar-refractivity contribution in [1.82, 2.24) is 5.32 Å². The van der Waals surface area contributed by atoms with E-state index in [4.69, 9.17) is 0 Å². The molecule has 5 heteroatoms. The van der Waals surface area contributed by atoms with Gasteiger partial charge in [0.2, 0.25) is 5.91 Å². The molecule has 1 atom stereocenters. The number of Topliss-reactive ketones (excluding diaryl/α,β-unsaturated/α-hetero) is 1. The van der Waals surface area contributed by atoms with Gasteiger partial charge in [0.05, 0.1) is 7.11 Å². The van der Waals surface area contributed by atoms with Gasteiger partial charge in [-0.2, -0.15) is 0 Å². The summed E-state index contributed by atoms with van der Waals surface area (Å²) >= 11 is 0. The number of aryl methyl sites for hydroxylation is 1. The Morgan fingerprint density at radius 3 is 2.18 bits per heavy atom. The molecule has 22 heavy (non-hydrogen) atoms. The van der Waals surface area contributed by atoms with Crippen molar-refractivity contribution in [3.8, 4) is 0 Å². The largest absolute Gasteiger partial charge is 0.467 e. The number of benzene rings is 1. The summed E-state index contributed by atoms with van der Waals surface area (Å²) in [6.45, 7) is 5.58. The molecular formula is C17H23NO4. The third kappa shape index (κ3) is 5.31. The van der Waals surface area contributed by atoms with Gasteiger partial charge in [0.15, 0.2) is 5.78 Å². The van der Waals surface area contributed by atoms with Crippen LogP contribution >= 0.6 is 0 Å². The summed E-state index contributed by atoms with van der Waals surface area (Å²) in [6, 6.07) is 6.53. The highest BCUT2D eigenvalue weighted by atomic mass is 16.5. The lowest BCUT2D eigenvalue weighted by Crippen LogP contribution is -2.45. The molecule has 0 aliphatic heterocycles. The summed E-state index contributed by atoms with van der Waals surface area (Å²) in [7, 11) is 1.28. The first kappa shape index (κ1) is 17.9. The van der Waals surface area contributed by atoms with Crippen molar-refractivity contribution in [3.63, 3.8) is 0 Å². The Morgan fingerprint density at radius 2 is 1.68 bits per heavy atom. The van der Waals surface area contributed by atoms with Gasteiger partial charge in [0, 0.05) is 18.4 Å². The van der Waals surface area contributed by atoms with E-state index in [1.807, 2.05) is 32.9 Å². The molecule has 0 aliphatic rings. The minimum absolute atomic E-state index is 0.0485. The first-order valence-electron chi connectivity index (χ1n) is 7.32. The molecule has 1 amide bonds. The predicted octanol–water partition coefficient (Wildman–Crippen LogP) is 2.27. The molecule has 0 spiro atoms. The average molecular weight is 305 g/mol. The standard InChI is InChI=1S/C17H23NO4/c1-11(2)16(17(21)22-4)18-15(20)10-9-14(19)13-7-5-12(3)6-8-13/h5-8,11,16H,9-10H2,1-4H3,(H,18,20). The molecule has 0 heterocycles. The van der Waals surface area contributed by atoms with E-state index in [1.54, 1.807) is 12.1 Å². The fraction of sp³-hybridized carbons (Fsp3) is 0.471. The summed E-state index contributed by atoms with van der Waals surface area (Å²) in [5.74, 6) is -0.976. The van der Waals surface area contributed by atoms with Crippen LogP contribution in [0.2, 0.25) is 0 Å². The van der Waals surface area contributed by atoms with Gasteiger partial charge in [-0.25, -0.2) is 4.79 Å². The zero-order valence-electron chi connectivity index (χ0n) is 13.5. The van der Waals surface area contributed by atoms with Crippen molar-refractivity contribution in [3.05, 3.63) is 35.4 Å². The van der Waals surface area contributed by atoms with E-state index >= 15 is 0 Å². The van der Waals surface area contributed by atoms with Crippen molar-refractivity contribution < 1.29 is 19.1 Å². The van der Waals surface area contributed by atoms with Gasteiger partial charge in [-0.3, -0.25) is 9.59 Å². The Hall–Kier alpha value is -2.17. The minimum Gasteiger partial charge on any atom is -0.467 e. The van der Waals surface area contributed by atoms with Gasteiger partial charge in [-0.15, -0.1) is 0 Å². The number of carbonyl (C=O) groups excluding carboxylic acids is 3. The van der Waals surface area contributed by atoms with Crippen molar-refractivity contribution in [1.29, 1.82) is 0 Å². The van der Waals surface area contributed by atoms with Crippen molar-refractivity contribution in [2.45, 2.75) is 39.7 Å².